The van der Waals surface area contributed by atoms with Crippen LogP contribution in [0.1, 0.15) is 21.7 Å². The van der Waals surface area contributed by atoms with Crippen molar-refractivity contribution in [2.75, 3.05) is 13.4 Å². The molecule has 3 aromatic heterocycles. The summed E-state index contributed by atoms with van der Waals surface area (Å²) in [6, 6.07) is 13.8. The molecule has 0 radical (unpaired) electrons. The number of hydrogen-bond donors (Lipinski definition) is 0. The van der Waals surface area contributed by atoms with Gasteiger partial charge in [0.25, 0.3) is 0 Å². The molecule has 0 saturated carbocycles. The lowest BCUT2D eigenvalue weighted by Gasteiger charge is -2.19. The van der Waals surface area contributed by atoms with E-state index in [4.69, 9.17) is 4.74 Å². The number of aromatic nitrogens is 3. The van der Waals surface area contributed by atoms with Gasteiger partial charge in [0.05, 0.1) is 12.5 Å². The molecular weight excluding hydrogens is 442 g/mol. The highest BCUT2D eigenvalue weighted by Crippen LogP contribution is 2.30. The third-order valence-corrected chi connectivity index (χ3v) is 6.31. The van der Waals surface area contributed by atoms with E-state index in [1.807, 2.05) is 30.3 Å². The van der Waals surface area contributed by atoms with E-state index < -0.39 is 15.8 Å². The number of ether oxygens (including phenoxy) is 1. The van der Waals surface area contributed by atoms with Crippen LogP contribution in [-0.2, 0) is 14.6 Å². The van der Waals surface area contributed by atoms with Crippen molar-refractivity contribution in [3.8, 4) is 16.8 Å². The van der Waals surface area contributed by atoms with Gasteiger partial charge in [-0.2, -0.15) is 0 Å². The van der Waals surface area contributed by atoms with Crippen LogP contribution in [-0.4, -0.2) is 42.3 Å². The molecule has 0 aliphatic carbocycles. The van der Waals surface area contributed by atoms with Crippen molar-refractivity contribution in [1.29, 1.82) is 0 Å². The molecule has 4 aromatic rings. The van der Waals surface area contributed by atoms with Crippen LogP contribution < -0.4 is 5.43 Å². The van der Waals surface area contributed by atoms with Gasteiger partial charge in [-0.25, -0.2) is 23.2 Å². The number of carbonyl (C=O) groups excluding carboxylic acids is 1. The summed E-state index contributed by atoms with van der Waals surface area (Å²) in [6.07, 6.45) is 2.50. The van der Waals surface area contributed by atoms with Crippen LogP contribution in [0.5, 0.6) is 0 Å². The van der Waals surface area contributed by atoms with E-state index in [0.717, 1.165) is 6.26 Å². The fourth-order valence-electron chi connectivity index (χ4n) is 3.77. The highest BCUT2D eigenvalue weighted by molar-refractivity contribution is 7.90. The highest BCUT2D eigenvalue weighted by Gasteiger charge is 2.25. The molecule has 0 N–H and O–H groups in total. The lowest BCUT2D eigenvalue weighted by Crippen LogP contribution is -2.23. The van der Waals surface area contributed by atoms with Gasteiger partial charge in [0.2, 0.25) is 0 Å². The average Bonchev–Trinajstić information content (AvgIpc) is 2.80. The molecule has 168 valence electrons. The second-order valence-electron chi connectivity index (χ2n) is 7.63. The molecule has 3 heterocycles. The Labute approximate surface area is 190 Å². The average molecular weight is 464 g/mol. The van der Waals surface area contributed by atoms with Crippen LogP contribution in [0.15, 0.2) is 64.5 Å². The number of esters is 1. The van der Waals surface area contributed by atoms with E-state index in [1.165, 1.54) is 19.4 Å². The van der Waals surface area contributed by atoms with Gasteiger partial charge in [-0.3, -0.25) is 9.36 Å². The molecule has 0 bridgehead atoms. The summed E-state index contributed by atoms with van der Waals surface area (Å²) in [7, 11) is -2.21. The SMILES string of the molecule is COC(=O)c1c(C)c(=O)c2c(-c3ccc(S(C)(=O)=O)nc3)cc(C)nc2n1-c1ccccc1. The monoisotopic (exact) mass is 463 g/mol. The van der Waals surface area contributed by atoms with Gasteiger partial charge < -0.3 is 4.74 Å². The van der Waals surface area contributed by atoms with E-state index in [1.54, 1.807) is 30.5 Å². The fourth-order valence-corrected chi connectivity index (χ4v) is 4.33. The first-order valence-electron chi connectivity index (χ1n) is 10.0. The van der Waals surface area contributed by atoms with Crippen molar-refractivity contribution in [3.63, 3.8) is 0 Å². The van der Waals surface area contributed by atoms with Crippen molar-refractivity contribution in [2.45, 2.75) is 18.9 Å². The summed E-state index contributed by atoms with van der Waals surface area (Å²) in [6.45, 7) is 3.35. The standard InChI is InChI=1S/C24H21N3O5S/c1-14-12-18(16-10-11-19(25-13-16)33(4,30)31)20-22(28)15(2)21(24(29)32-3)27(23(20)26-14)17-8-6-5-7-9-17/h5-13H,1-4H3. The zero-order chi connectivity index (χ0) is 23.9. The van der Waals surface area contributed by atoms with Gasteiger partial charge in [0, 0.05) is 35.0 Å². The first-order valence-corrected chi connectivity index (χ1v) is 11.9. The van der Waals surface area contributed by atoms with E-state index in [9.17, 15) is 18.0 Å². The minimum Gasteiger partial charge on any atom is -0.464 e. The van der Waals surface area contributed by atoms with Gasteiger partial charge in [0.1, 0.15) is 11.3 Å². The van der Waals surface area contributed by atoms with Crippen molar-refractivity contribution < 1.29 is 17.9 Å². The lowest BCUT2D eigenvalue weighted by atomic mass is 10.00. The van der Waals surface area contributed by atoms with Gasteiger partial charge >= 0.3 is 5.97 Å². The molecule has 9 heteroatoms. The maximum absolute atomic E-state index is 13.5. The maximum Gasteiger partial charge on any atom is 0.355 e. The molecule has 0 amide bonds. The second-order valence-corrected chi connectivity index (χ2v) is 9.59. The zero-order valence-electron chi connectivity index (χ0n) is 18.5. The Morgan fingerprint density at radius 2 is 1.76 bits per heavy atom. The number of hydrogen-bond acceptors (Lipinski definition) is 7. The third kappa shape index (κ3) is 3.91. The summed E-state index contributed by atoms with van der Waals surface area (Å²) in [5, 5.41) is 0.232. The number of methoxy groups -OCH3 is 1. The van der Waals surface area contributed by atoms with E-state index in [2.05, 4.69) is 9.97 Å². The quantitative estimate of drug-likeness (QED) is 0.428. The number of fused-ring (bicyclic) bond motifs is 1. The molecule has 0 atom stereocenters. The van der Waals surface area contributed by atoms with Crippen molar-refractivity contribution in [3.05, 3.63) is 81.9 Å². The molecule has 4 rings (SSSR count). The van der Waals surface area contributed by atoms with Gasteiger partial charge in [0.15, 0.2) is 20.3 Å². The molecule has 33 heavy (non-hydrogen) atoms. The summed E-state index contributed by atoms with van der Waals surface area (Å²) in [5.74, 6) is -0.653. The Balaban J connectivity index is 2.16. The van der Waals surface area contributed by atoms with Gasteiger partial charge in [-0.1, -0.05) is 18.2 Å². The van der Waals surface area contributed by atoms with Crippen molar-refractivity contribution in [1.82, 2.24) is 14.5 Å². The normalized spacial score (nSPS) is 11.5. The zero-order valence-corrected chi connectivity index (χ0v) is 19.3. The first kappa shape index (κ1) is 22.3. The van der Waals surface area contributed by atoms with E-state index in [0.29, 0.717) is 33.5 Å². The Morgan fingerprint density at radius 3 is 2.33 bits per heavy atom. The van der Waals surface area contributed by atoms with Crippen molar-refractivity contribution in [2.24, 2.45) is 0 Å². The number of nitrogens with zero attached hydrogens (tertiary/aromatic N) is 3. The van der Waals surface area contributed by atoms with E-state index >= 15 is 0 Å². The second kappa shape index (κ2) is 8.25. The molecule has 1 aromatic carbocycles. The van der Waals surface area contributed by atoms with Crippen LogP contribution in [0.3, 0.4) is 0 Å². The Kier molecular flexibility index (Phi) is 5.59. The Morgan fingerprint density at radius 1 is 1.06 bits per heavy atom. The smallest absolute Gasteiger partial charge is 0.355 e. The molecule has 0 spiro atoms. The largest absolute Gasteiger partial charge is 0.464 e. The minimum absolute atomic E-state index is 0.0628. The minimum atomic E-state index is -3.47. The molecule has 0 fully saturated rings. The number of carbonyl (C=O) groups is 1. The number of sulfone groups is 1. The van der Waals surface area contributed by atoms with Crippen LogP contribution in [0, 0.1) is 13.8 Å². The molecule has 0 aliphatic heterocycles. The lowest BCUT2D eigenvalue weighted by molar-refractivity contribution is 0.0590. The fraction of sp³-hybridized carbons (Fsp3) is 0.167. The summed E-state index contributed by atoms with van der Waals surface area (Å²) < 4.78 is 30.2. The molecule has 0 unspecified atom stereocenters. The predicted octanol–water partition coefficient (Wildman–Crippen LogP) is 3.25. The summed E-state index contributed by atoms with van der Waals surface area (Å²) >= 11 is 0. The highest BCUT2D eigenvalue weighted by atomic mass is 32.2. The number of rotatable bonds is 4. The molecule has 8 nitrogen and oxygen atoms in total. The van der Waals surface area contributed by atoms with Crippen LogP contribution in [0.2, 0.25) is 0 Å². The summed E-state index contributed by atoms with van der Waals surface area (Å²) in [5.41, 5.74) is 2.57. The summed E-state index contributed by atoms with van der Waals surface area (Å²) in [4.78, 5) is 34.9. The van der Waals surface area contributed by atoms with E-state index in [-0.39, 0.29) is 21.7 Å². The number of benzene rings is 1. The third-order valence-electron chi connectivity index (χ3n) is 5.31. The van der Waals surface area contributed by atoms with Crippen LogP contribution >= 0.6 is 0 Å². The topological polar surface area (TPSA) is 108 Å². The first-order chi connectivity index (χ1) is 15.6. The Hall–Kier alpha value is -3.85. The molecule has 0 saturated heterocycles. The van der Waals surface area contributed by atoms with Gasteiger partial charge in [-0.15, -0.1) is 0 Å². The number of para-hydroxylation sites is 1. The van der Waals surface area contributed by atoms with Crippen molar-refractivity contribution >= 4 is 26.8 Å². The van der Waals surface area contributed by atoms with Crippen LogP contribution in [0.4, 0.5) is 0 Å². The maximum atomic E-state index is 13.5. The molecular formula is C24H21N3O5S. The molecule has 0 aliphatic rings. The Bertz CT molecular complexity index is 1560. The number of pyridine rings is 3. The van der Waals surface area contributed by atoms with Gasteiger partial charge in [-0.05, 0) is 49.7 Å². The van der Waals surface area contributed by atoms with Crippen LogP contribution in [0.25, 0.3) is 27.8 Å². The predicted molar refractivity (Wildman–Crippen MR) is 124 cm³/mol. The number of aryl methyl sites for hydroxylation is 1.